The van der Waals surface area contributed by atoms with Gasteiger partial charge < -0.3 is 24.6 Å². The highest BCUT2D eigenvalue weighted by Crippen LogP contribution is 2.35. The summed E-state index contributed by atoms with van der Waals surface area (Å²) in [5, 5.41) is 29.0. The first kappa shape index (κ1) is 20.9. The number of halogens is 3. The van der Waals surface area contributed by atoms with E-state index in [1.807, 2.05) is 0 Å². The Bertz CT molecular complexity index is 1070. The Morgan fingerprint density at radius 1 is 1.14 bits per heavy atom. The Kier molecular flexibility index (Phi) is 6.44. The molecule has 0 aliphatic heterocycles. The maximum absolute atomic E-state index is 12.7. The lowest BCUT2D eigenvalue weighted by Gasteiger charge is -2.20. The number of fused-ring (bicyclic) bond motifs is 1. The molecule has 3 N–H and O–H groups in total. The third-order valence-electron chi connectivity index (χ3n) is 3.97. The zero-order valence-corrected chi connectivity index (χ0v) is 16.5. The number of rotatable bonds is 6. The van der Waals surface area contributed by atoms with Crippen molar-refractivity contribution in [2.24, 2.45) is 0 Å². The van der Waals surface area contributed by atoms with E-state index in [-0.39, 0.29) is 44.2 Å². The lowest BCUT2D eigenvalue weighted by atomic mass is 10.1. The van der Waals surface area contributed by atoms with Crippen LogP contribution >= 0.6 is 34.8 Å². The van der Waals surface area contributed by atoms with E-state index in [0.29, 0.717) is 5.69 Å². The molecule has 7 nitrogen and oxygen atoms in total. The minimum absolute atomic E-state index is 0.0193. The fourth-order valence-corrected chi connectivity index (χ4v) is 3.54. The van der Waals surface area contributed by atoms with Gasteiger partial charge in [0.15, 0.2) is 5.43 Å². The van der Waals surface area contributed by atoms with Crippen molar-refractivity contribution in [2.45, 2.75) is 12.7 Å². The molecule has 10 heteroatoms. The Hall–Kier alpha value is -1.87. The highest BCUT2D eigenvalue weighted by molar-refractivity contribution is 6.38. The number of pyridine rings is 2. The van der Waals surface area contributed by atoms with E-state index in [2.05, 4.69) is 4.98 Å². The number of benzene rings is 1. The van der Waals surface area contributed by atoms with Crippen LogP contribution in [0.5, 0.6) is 5.88 Å². The van der Waals surface area contributed by atoms with Crippen LogP contribution in [0.2, 0.25) is 15.1 Å². The second-order valence-corrected chi connectivity index (χ2v) is 7.07. The number of aliphatic hydroxyl groups excluding tert-OH is 3. The summed E-state index contributed by atoms with van der Waals surface area (Å²) in [6, 6.07) is 6.08. The monoisotopic (exact) mass is 444 g/mol. The van der Waals surface area contributed by atoms with E-state index in [9.17, 15) is 15.0 Å². The molecule has 1 unspecified atom stereocenters. The summed E-state index contributed by atoms with van der Waals surface area (Å²) in [7, 11) is 0. The quantitative estimate of drug-likeness (QED) is 0.539. The van der Waals surface area contributed by atoms with Gasteiger partial charge in [-0.25, -0.2) is 4.98 Å². The SMILES string of the molecule is O=c1cc(CO)n(-c2c(Cl)cccc2Cl)c2c(Cl)cnc(OCC(O)CO)c12. The van der Waals surface area contributed by atoms with Crippen LogP contribution in [0.25, 0.3) is 16.6 Å². The van der Waals surface area contributed by atoms with Gasteiger partial charge in [-0.15, -0.1) is 0 Å². The van der Waals surface area contributed by atoms with Crippen molar-refractivity contribution in [3.8, 4) is 11.6 Å². The smallest absolute Gasteiger partial charge is 0.227 e. The molecule has 1 atom stereocenters. The third kappa shape index (κ3) is 3.82. The maximum Gasteiger partial charge on any atom is 0.227 e. The molecule has 0 spiro atoms. The van der Waals surface area contributed by atoms with Gasteiger partial charge in [0, 0.05) is 6.07 Å². The first-order valence-electron chi connectivity index (χ1n) is 8.09. The number of hydrogen-bond acceptors (Lipinski definition) is 6. The number of para-hydroxylation sites is 1. The molecule has 0 amide bonds. The first-order chi connectivity index (χ1) is 13.4. The van der Waals surface area contributed by atoms with Crippen LogP contribution in [0.4, 0.5) is 0 Å². The van der Waals surface area contributed by atoms with Crippen molar-refractivity contribution < 1.29 is 20.1 Å². The maximum atomic E-state index is 12.7. The van der Waals surface area contributed by atoms with Crippen LogP contribution in [-0.4, -0.2) is 44.2 Å². The van der Waals surface area contributed by atoms with Crippen molar-refractivity contribution in [1.82, 2.24) is 9.55 Å². The lowest BCUT2D eigenvalue weighted by Crippen LogP contribution is -2.23. The molecular formula is C18H15Cl3N2O5. The fourth-order valence-electron chi connectivity index (χ4n) is 2.75. The first-order valence-corrected chi connectivity index (χ1v) is 9.22. The van der Waals surface area contributed by atoms with Crippen LogP contribution in [0.15, 0.2) is 35.3 Å². The average molecular weight is 446 g/mol. The van der Waals surface area contributed by atoms with Crippen LogP contribution in [0, 0.1) is 0 Å². The summed E-state index contributed by atoms with van der Waals surface area (Å²) in [6.45, 7) is -1.28. The Morgan fingerprint density at radius 2 is 1.82 bits per heavy atom. The van der Waals surface area contributed by atoms with Gasteiger partial charge in [0.2, 0.25) is 5.88 Å². The number of aliphatic hydroxyl groups is 3. The van der Waals surface area contributed by atoms with Crippen molar-refractivity contribution in [3.63, 3.8) is 0 Å². The number of aromatic nitrogens is 2. The van der Waals surface area contributed by atoms with E-state index in [1.165, 1.54) is 16.8 Å². The van der Waals surface area contributed by atoms with E-state index in [0.717, 1.165) is 0 Å². The van der Waals surface area contributed by atoms with Gasteiger partial charge in [-0.05, 0) is 12.1 Å². The lowest BCUT2D eigenvalue weighted by molar-refractivity contribution is 0.0526. The minimum atomic E-state index is -1.15. The van der Waals surface area contributed by atoms with Gasteiger partial charge in [-0.1, -0.05) is 40.9 Å². The molecule has 0 radical (unpaired) electrons. The summed E-state index contributed by atoms with van der Waals surface area (Å²) < 4.78 is 6.88. The number of ether oxygens (including phenoxy) is 1. The van der Waals surface area contributed by atoms with Crippen molar-refractivity contribution >= 4 is 45.7 Å². The molecule has 3 aromatic rings. The summed E-state index contributed by atoms with van der Waals surface area (Å²) in [6.07, 6.45) is 0.122. The van der Waals surface area contributed by atoms with Crippen molar-refractivity contribution in [1.29, 1.82) is 0 Å². The largest absolute Gasteiger partial charge is 0.474 e. The second kappa shape index (κ2) is 8.65. The van der Waals surface area contributed by atoms with E-state index < -0.39 is 24.7 Å². The molecule has 2 aromatic heterocycles. The molecule has 0 aliphatic carbocycles. The predicted octanol–water partition coefficient (Wildman–Crippen LogP) is 2.57. The molecular weight excluding hydrogens is 431 g/mol. The highest BCUT2D eigenvalue weighted by atomic mass is 35.5. The average Bonchev–Trinajstić information content (AvgIpc) is 2.68. The molecule has 148 valence electrons. The second-order valence-electron chi connectivity index (χ2n) is 5.85. The van der Waals surface area contributed by atoms with Gasteiger partial charge in [-0.3, -0.25) is 4.79 Å². The van der Waals surface area contributed by atoms with E-state index in [1.54, 1.807) is 18.2 Å². The summed E-state index contributed by atoms with van der Waals surface area (Å²) >= 11 is 19.0. The van der Waals surface area contributed by atoms with Gasteiger partial charge >= 0.3 is 0 Å². The third-order valence-corrected chi connectivity index (χ3v) is 4.86. The van der Waals surface area contributed by atoms with Crippen LogP contribution in [0.3, 0.4) is 0 Å². The molecule has 28 heavy (non-hydrogen) atoms. The van der Waals surface area contributed by atoms with Crippen LogP contribution in [-0.2, 0) is 6.61 Å². The van der Waals surface area contributed by atoms with E-state index in [4.69, 9.17) is 44.6 Å². The van der Waals surface area contributed by atoms with Crippen molar-refractivity contribution in [3.05, 3.63) is 61.4 Å². The van der Waals surface area contributed by atoms with Crippen molar-refractivity contribution in [2.75, 3.05) is 13.2 Å². The highest BCUT2D eigenvalue weighted by Gasteiger charge is 2.21. The molecule has 0 bridgehead atoms. The van der Waals surface area contributed by atoms with E-state index >= 15 is 0 Å². The molecule has 0 saturated heterocycles. The Morgan fingerprint density at radius 3 is 2.43 bits per heavy atom. The molecule has 0 fully saturated rings. The van der Waals surface area contributed by atoms with Gasteiger partial charge in [0.05, 0.1) is 51.4 Å². The summed E-state index contributed by atoms with van der Waals surface area (Å²) in [5.41, 5.74) is 0.231. The minimum Gasteiger partial charge on any atom is -0.474 e. The fraction of sp³-hybridized carbons (Fsp3) is 0.222. The molecule has 0 aliphatic rings. The Labute approximate surface area is 174 Å². The molecule has 3 rings (SSSR count). The van der Waals surface area contributed by atoms with Gasteiger partial charge in [0.25, 0.3) is 0 Å². The zero-order chi connectivity index (χ0) is 20.4. The molecule has 2 heterocycles. The van der Waals surface area contributed by atoms with Gasteiger partial charge in [0.1, 0.15) is 18.1 Å². The zero-order valence-electron chi connectivity index (χ0n) is 14.3. The summed E-state index contributed by atoms with van der Waals surface area (Å²) in [5.74, 6) is -0.0849. The number of nitrogens with zero attached hydrogens (tertiary/aromatic N) is 2. The standard InChI is InChI=1S/C18H15Cl3N2O5/c19-11-2-1-3-12(20)16(11)23-9(6-24)4-14(27)15-17(23)13(21)5-22-18(15)28-8-10(26)7-25/h1-5,10,24-26H,6-8H2. The normalized spacial score (nSPS) is 12.4. The predicted molar refractivity (Wildman–Crippen MR) is 107 cm³/mol. The molecule has 1 aromatic carbocycles. The van der Waals surface area contributed by atoms with Crippen LogP contribution in [0.1, 0.15) is 5.69 Å². The molecule has 0 saturated carbocycles. The summed E-state index contributed by atoms with van der Waals surface area (Å²) in [4.78, 5) is 16.7. The van der Waals surface area contributed by atoms with Crippen LogP contribution < -0.4 is 10.2 Å². The topological polar surface area (TPSA) is 105 Å². The number of hydrogen-bond donors (Lipinski definition) is 3. The Balaban J connectivity index is 2.38. The van der Waals surface area contributed by atoms with Gasteiger partial charge in [-0.2, -0.15) is 0 Å².